The van der Waals surface area contributed by atoms with E-state index in [-0.39, 0.29) is 30.1 Å². The van der Waals surface area contributed by atoms with Gasteiger partial charge in [0.05, 0.1) is 24.9 Å². The fourth-order valence-corrected chi connectivity index (χ4v) is 6.78. The van der Waals surface area contributed by atoms with Crippen LogP contribution in [0.4, 0.5) is 0 Å². The number of nitrogens with two attached hydrogens (primary N) is 1. The summed E-state index contributed by atoms with van der Waals surface area (Å²) in [4.78, 5) is 68.1. The van der Waals surface area contributed by atoms with E-state index < -0.39 is 41.3 Å². The van der Waals surface area contributed by atoms with Gasteiger partial charge in [0.2, 0.25) is 17.6 Å². The van der Waals surface area contributed by atoms with Gasteiger partial charge in [0.15, 0.2) is 5.82 Å². The van der Waals surface area contributed by atoms with Crippen LogP contribution < -0.4 is 16.7 Å². The molecule has 43 heavy (non-hydrogen) atoms. The van der Waals surface area contributed by atoms with E-state index in [0.717, 1.165) is 37.7 Å². The Hall–Kier alpha value is -3.37. The van der Waals surface area contributed by atoms with Gasteiger partial charge in [0.25, 0.3) is 0 Å². The maximum Gasteiger partial charge on any atom is 0.248 e. The van der Waals surface area contributed by atoms with Crippen LogP contribution in [-0.2, 0) is 25.8 Å². The van der Waals surface area contributed by atoms with E-state index in [1.807, 2.05) is 58.0 Å². The van der Waals surface area contributed by atoms with Crippen molar-refractivity contribution in [2.24, 2.45) is 40.8 Å². The number of rotatable bonds is 18. The number of nitrogens with zero attached hydrogens (tertiary/aromatic N) is 1. The number of imidazole rings is 1. The summed E-state index contributed by atoms with van der Waals surface area (Å²) >= 11 is 0. The molecule has 0 bridgehead atoms. The average Bonchev–Trinajstić information content (AvgIpc) is 3.70. The molecular weight excluding hydrogens is 546 g/mol. The minimum absolute atomic E-state index is 0.00702. The van der Waals surface area contributed by atoms with E-state index in [1.54, 1.807) is 0 Å². The van der Waals surface area contributed by atoms with Crippen LogP contribution in [0.15, 0.2) is 42.7 Å². The Morgan fingerprint density at radius 3 is 2.33 bits per heavy atom. The molecule has 0 aliphatic heterocycles. The third-order valence-electron chi connectivity index (χ3n) is 8.62. The monoisotopic (exact) mass is 595 g/mol. The van der Waals surface area contributed by atoms with Crippen LogP contribution in [-0.4, -0.2) is 33.3 Å². The van der Waals surface area contributed by atoms with Crippen molar-refractivity contribution in [3.63, 3.8) is 0 Å². The first-order valence-corrected chi connectivity index (χ1v) is 15.6. The van der Waals surface area contributed by atoms with Gasteiger partial charge in [-0.25, -0.2) is 16.3 Å². The second-order valence-electron chi connectivity index (χ2n) is 12.9. The molecule has 236 valence electrons. The summed E-state index contributed by atoms with van der Waals surface area (Å²) in [6.07, 6.45) is 8.70. The molecule has 1 aliphatic rings. The number of Topliss-reactive ketones (excluding diaryl/α,β-unsaturated/α-hetero) is 2. The smallest absolute Gasteiger partial charge is 0.248 e. The second kappa shape index (κ2) is 16.5. The summed E-state index contributed by atoms with van der Waals surface area (Å²) in [7, 11) is 0. The zero-order valence-electron chi connectivity index (χ0n) is 26.1. The standard InChI is InChI=1S/C33H49N5O5/c1-22(2)18-26(31(41)37-34)29(32(42)38-43-21-25-12-6-5-7-13-25)33(20-23(3)4,15-14-24-10-8-9-11-24)28(40)19-27(39)30-35-16-17-36-30/h5-7,12-13,16-17,22-24,26,29H,8-11,14-15,18-21,34H2,1-4H3,(H,35,36)(H,37,41)(H,38,42)/t26-,29-,33?/m1/s1. The number of hydrogen-bond acceptors (Lipinski definition) is 7. The molecule has 3 atom stereocenters. The topological polar surface area (TPSA) is 156 Å². The maximum atomic E-state index is 14.6. The molecular formula is C33H49N5O5. The summed E-state index contributed by atoms with van der Waals surface area (Å²) in [5, 5.41) is 0. The Balaban J connectivity index is 2.09. The molecule has 2 amide bonds. The van der Waals surface area contributed by atoms with Crippen LogP contribution in [0.1, 0.15) is 102 Å². The summed E-state index contributed by atoms with van der Waals surface area (Å²) in [5.74, 6) is 2.29. The van der Waals surface area contributed by atoms with Gasteiger partial charge in [0.1, 0.15) is 5.78 Å². The number of hydrogen-bond donors (Lipinski definition) is 4. The number of carbonyl (C=O) groups excluding carboxylic acids is 4. The lowest BCUT2D eigenvalue weighted by atomic mass is 9.58. The zero-order valence-corrected chi connectivity index (χ0v) is 26.1. The van der Waals surface area contributed by atoms with Gasteiger partial charge in [-0.1, -0.05) is 83.7 Å². The van der Waals surface area contributed by atoms with Crippen LogP contribution in [0.2, 0.25) is 0 Å². The Labute approximate surface area is 255 Å². The summed E-state index contributed by atoms with van der Waals surface area (Å²) in [6.45, 7) is 8.02. The number of amides is 2. The minimum Gasteiger partial charge on any atom is -0.342 e. The predicted molar refractivity (Wildman–Crippen MR) is 164 cm³/mol. The number of H-pyrrole nitrogens is 1. The largest absolute Gasteiger partial charge is 0.342 e. The Morgan fingerprint density at radius 2 is 1.74 bits per heavy atom. The van der Waals surface area contributed by atoms with E-state index in [1.165, 1.54) is 12.4 Å². The molecule has 1 aromatic heterocycles. The number of carbonyl (C=O) groups is 4. The van der Waals surface area contributed by atoms with Gasteiger partial charge in [-0.05, 0) is 49.0 Å². The van der Waals surface area contributed by atoms with Crippen molar-refractivity contribution < 1.29 is 24.0 Å². The number of nitrogens with one attached hydrogen (secondary N) is 3. The molecule has 5 N–H and O–H groups in total. The lowest BCUT2D eigenvalue weighted by Gasteiger charge is -2.44. The van der Waals surface area contributed by atoms with Gasteiger partial charge in [-0.3, -0.25) is 29.4 Å². The molecule has 0 spiro atoms. The molecule has 10 heteroatoms. The van der Waals surface area contributed by atoms with Gasteiger partial charge in [-0.15, -0.1) is 0 Å². The highest BCUT2D eigenvalue weighted by molar-refractivity contribution is 6.09. The van der Waals surface area contributed by atoms with Crippen molar-refractivity contribution in [1.29, 1.82) is 0 Å². The van der Waals surface area contributed by atoms with Gasteiger partial charge >= 0.3 is 0 Å². The first-order valence-electron chi connectivity index (χ1n) is 15.6. The fourth-order valence-electron chi connectivity index (χ4n) is 6.78. The maximum absolute atomic E-state index is 14.6. The molecule has 0 saturated heterocycles. The molecule has 1 saturated carbocycles. The molecule has 1 unspecified atom stereocenters. The predicted octanol–water partition coefficient (Wildman–Crippen LogP) is 5.07. The van der Waals surface area contributed by atoms with Crippen LogP contribution in [0.3, 0.4) is 0 Å². The van der Waals surface area contributed by atoms with Crippen molar-refractivity contribution in [3.05, 3.63) is 54.1 Å². The first kappa shape index (κ1) is 34.1. The number of ketones is 2. The zero-order chi connectivity index (χ0) is 31.4. The number of hydroxylamine groups is 1. The second-order valence-corrected chi connectivity index (χ2v) is 12.9. The van der Waals surface area contributed by atoms with Crippen molar-refractivity contribution in [3.8, 4) is 0 Å². The molecule has 1 heterocycles. The summed E-state index contributed by atoms with van der Waals surface area (Å²) < 4.78 is 0. The molecule has 1 aromatic carbocycles. The first-order chi connectivity index (χ1) is 20.6. The van der Waals surface area contributed by atoms with Crippen molar-refractivity contribution in [2.45, 2.75) is 92.1 Å². The van der Waals surface area contributed by atoms with E-state index in [4.69, 9.17) is 10.7 Å². The molecule has 1 aliphatic carbocycles. The van der Waals surface area contributed by atoms with Gasteiger partial charge < -0.3 is 4.98 Å². The highest BCUT2D eigenvalue weighted by Gasteiger charge is 2.54. The molecule has 2 aromatic rings. The lowest BCUT2D eigenvalue weighted by Crippen LogP contribution is -2.55. The van der Waals surface area contributed by atoms with Crippen molar-refractivity contribution in [2.75, 3.05) is 0 Å². The molecule has 10 nitrogen and oxygen atoms in total. The van der Waals surface area contributed by atoms with Crippen LogP contribution in [0.25, 0.3) is 0 Å². The van der Waals surface area contributed by atoms with Crippen molar-refractivity contribution >= 4 is 23.4 Å². The van der Waals surface area contributed by atoms with E-state index in [2.05, 4.69) is 20.9 Å². The lowest BCUT2D eigenvalue weighted by molar-refractivity contribution is -0.158. The van der Waals surface area contributed by atoms with Crippen LogP contribution in [0, 0.1) is 35.0 Å². The van der Waals surface area contributed by atoms with E-state index >= 15 is 0 Å². The molecule has 1 fully saturated rings. The Morgan fingerprint density at radius 1 is 1.05 bits per heavy atom. The summed E-state index contributed by atoms with van der Waals surface area (Å²) in [5.41, 5.74) is 4.39. The Kier molecular flexibility index (Phi) is 13.1. The highest BCUT2D eigenvalue weighted by atomic mass is 16.6. The quantitative estimate of drug-likeness (QED) is 0.0616. The number of hydrazine groups is 1. The fraction of sp³-hybridized carbons (Fsp3) is 0.606. The number of aromatic nitrogens is 2. The normalized spacial score (nSPS) is 16.5. The van der Waals surface area contributed by atoms with Gasteiger partial charge in [-0.2, -0.15) is 0 Å². The highest BCUT2D eigenvalue weighted by Crippen LogP contribution is 2.48. The third kappa shape index (κ3) is 9.56. The SMILES string of the molecule is CC(C)C[C@@H](C(=O)NN)[C@H](C(=O)NOCc1ccccc1)C(CCC1CCCC1)(CC(C)C)C(=O)CC(=O)c1ncc[nH]1. The van der Waals surface area contributed by atoms with Crippen molar-refractivity contribution in [1.82, 2.24) is 20.9 Å². The number of benzene rings is 1. The Bertz CT molecular complexity index is 1180. The minimum atomic E-state index is -1.31. The van der Waals surface area contributed by atoms with E-state index in [9.17, 15) is 19.2 Å². The molecule has 3 rings (SSSR count). The van der Waals surface area contributed by atoms with E-state index in [0.29, 0.717) is 25.2 Å². The third-order valence-corrected chi connectivity index (χ3v) is 8.62. The number of aromatic amines is 1. The molecule has 0 radical (unpaired) electrons. The van der Waals surface area contributed by atoms with Gasteiger partial charge in [0, 0.05) is 17.8 Å². The van der Waals surface area contributed by atoms with Crippen LogP contribution in [0.5, 0.6) is 0 Å². The average molecular weight is 596 g/mol. The summed E-state index contributed by atoms with van der Waals surface area (Å²) in [6, 6.07) is 9.39. The van der Waals surface area contributed by atoms with Crippen LogP contribution >= 0.6 is 0 Å².